The molecule has 0 unspecified atom stereocenters. The van der Waals surface area contributed by atoms with Crippen molar-refractivity contribution in [2.75, 3.05) is 18.9 Å². The second-order valence-corrected chi connectivity index (χ2v) is 6.00. The van der Waals surface area contributed by atoms with Gasteiger partial charge >= 0.3 is 6.03 Å². The van der Waals surface area contributed by atoms with Crippen LogP contribution in [0.25, 0.3) is 5.69 Å². The minimum atomic E-state index is -0.713. The molecule has 0 aliphatic rings. The molecular formula is C16H22N6O2. The Bertz CT molecular complexity index is 723. The molecule has 8 nitrogen and oxygen atoms in total. The summed E-state index contributed by atoms with van der Waals surface area (Å²) in [6.07, 6.45) is 0. The van der Waals surface area contributed by atoms with E-state index in [-0.39, 0.29) is 12.5 Å². The summed E-state index contributed by atoms with van der Waals surface area (Å²) in [5.41, 5.74) is 0.0776. The number of nitrogens with zero attached hydrogens (tertiary/aromatic N) is 3. The van der Waals surface area contributed by atoms with E-state index in [4.69, 9.17) is 0 Å². The van der Waals surface area contributed by atoms with Crippen molar-refractivity contribution in [3.8, 4) is 5.69 Å². The third-order valence-electron chi connectivity index (χ3n) is 3.47. The molecule has 0 fully saturated rings. The number of hydrogen-bond acceptors (Lipinski definition) is 4. The van der Waals surface area contributed by atoms with Crippen LogP contribution >= 0.6 is 0 Å². The molecule has 0 saturated heterocycles. The number of carbonyl (C=O) groups excluding carboxylic acids is 2. The Balaban J connectivity index is 2.07. The van der Waals surface area contributed by atoms with Crippen LogP contribution in [-0.2, 0) is 4.79 Å². The monoisotopic (exact) mass is 330 g/mol. The third kappa shape index (κ3) is 4.09. The summed E-state index contributed by atoms with van der Waals surface area (Å²) in [6, 6.07) is 8.94. The molecule has 1 aromatic carbocycles. The normalized spacial score (nSPS) is 11.0. The number of aryl methyl sites for hydroxylation is 1. The van der Waals surface area contributed by atoms with Gasteiger partial charge in [0.15, 0.2) is 0 Å². The minimum Gasteiger partial charge on any atom is -0.359 e. The highest BCUT2D eigenvalue weighted by atomic mass is 16.2. The fourth-order valence-electron chi connectivity index (χ4n) is 2.11. The predicted molar refractivity (Wildman–Crippen MR) is 91.0 cm³/mol. The van der Waals surface area contributed by atoms with Gasteiger partial charge in [-0.3, -0.25) is 10.1 Å². The SMILES string of the molecule is CNC(=O)C(C)(C)CNC(=O)Nc1nc(C)nn1-c1ccccc1. The van der Waals surface area contributed by atoms with Crippen LogP contribution in [0.3, 0.4) is 0 Å². The Morgan fingerprint density at radius 1 is 1.21 bits per heavy atom. The van der Waals surface area contributed by atoms with Gasteiger partial charge in [-0.05, 0) is 32.9 Å². The molecule has 0 atom stereocenters. The smallest absolute Gasteiger partial charge is 0.321 e. The van der Waals surface area contributed by atoms with Crippen molar-refractivity contribution in [1.29, 1.82) is 0 Å². The summed E-state index contributed by atoms with van der Waals surface area (Å²) in [5, 5.41) is 12.2. The molecule has 0 spiro atoms. The maximum Gasteiger partial charge on any atom is 0.321 e. The summed E-state index contributed by atoms with van der Waals surface area (Å²) in [4.78, 5) is 28.1. The van der Waals surface area contributed by atoms with E-state index < -0.39 is 11.4 Å². The molecule has 0 saturated carbocycles. The number of carbonyl (C=O) groups is 2. The van der Waals surface area contributed by atoms with Crippen molar-refractivity contribution in [3.05, 3.63) is 36.2 Å². The highest BCUT2D eigenvalue weighted by Gasteiger charge is 2.27. The zero-order valence-corrected chi connectivity index (χ0v) is 14.3. The molecule has 128 valence electrons. The zero-order valence-electron chi connectivity index (χ0n) is 14.3. The fourth-order valence-corrected chi connectivity index (χ4v) is 2.11. The lowest BCUT2D eigenvalue weighted by molar-refractivity contribution is -0.128. The van der Waals surface area contributed by atoms with Crippen LogP contribution in [0.5, 0.6) is 0 Å². The van der Waals surface area contributed by atoms with Crippen molar-refractivity contribution in [2.24, 2.45) is 5.41 Å². The van der Waals surface area contributed by atoms with E-state index in [2.05, 4.69) is 26.0 Å². The molecular weight excluding hydrogens is 308 g/mol. The first-order valence-electron chi connectivity index (χ1n) is 7.59. The van der Waals surface area contributed by atoms with Gasteiger partial charge in [0.25, 0.3) is 0 Å². The van der Waals surface area contributed by atoms with Gasteiger partial charge in [0.2, 0.25) is 11.9 Å². The number of aromatic nitrogens is 3. The van der Waals surface area contributed by atoms with Gasteiger partial charge in [0, 0.05) is 13.6 Å². The van der Waals surface area contributed by atoms with Crippen LogP contribution in [0.15, 0.2) is 30.3 Å². The lowest BCUT2D eigenvalue weighted by Crippen LogP contribution is -2.45. The lowest BCUT2D eigenvalue weighted by atomic mass is 9.92. The van der Waals surface area contributed by atoms with Crippen LogP contribution in [0, 0.1) is 12.3 Å². The summed E-state index contributed by atoms with van der Waals surface area (Å²) in [5.74, 6) is 0.708. The van der Waals surface area contributed by atoms with Gasteiger partial charge in [-0.2, -0.15) is 9.67 Å². The van der Waals surface area contributed by atoms with Gasteiger partial charge in [-0.25, -0.2) is 4.79 Å². The molecule has 0 aliphatic heterocycles. The molecule has 2 aromatic rings. The van der Waals surface area contributed by atoms with Gasteiger partial charge in [-0.1, -0.05) is 18.2 Å². The number of hydrogen-bond donors (Lipinski definition) is 3. The summed E-state index contributed by atoms with van der Waals surface area (Å²) in [7, 11) is 1.56. The number of anilines is 1. The highest BCUT2D eigenvalue weighted by molar-refractivity contribution is 5.89. The Hall–Kier alpha value is -2.90. The van der Waals surface area contributed by atoms with Crippen molar-refractivity contribution >= 4 is 17.9 Å². The molecule has 1 aromatic heterocycles. The maximum atomic E-state index is 12.1. The molecule has 3 N–H and O–H groups in total. The van der Waals surface area contributed by atoms with Crippen molar-refractivity contribution in [3.63, 3.8) is 0 Å². The number of amides is 3. The maximum absolute atomic E-state index is 12.1. The topological polar surface area (TPSA) is 101 Å². The van der Waals surface area contributed by atoms with Gasteiger partial charge in [0.1, 0.15) is 5.82 Å². The van der Waals surface area contributed by atoms with Crippen molar-refractivity contribution < 1.29 is 9.59 Å². The lowest BCUT2D eigenvalue weighted by Gasteiger charge is -2.22. The molecule has 2 rings (SSSR count). The van der Waals surface area contributed by atoms with Crippen LogP contribution in [0.4, 0.5) is 10.7 Å². The van der Waals surface area contributed by atoms with Crippen LogP contribution in [0.1, 0.15) is 19.7 Å². The first kappa shape index (κ1) is 17.5. The standard InChI is InChI=1S/C16H22N6O2/c1-11-19-14(22(21-11)12-8-6-5-7-9-12)20-15(24)18-10-16(2,3)13(23)17-4/h5-9H,10H2,1-4H3,(H,17,23)(H2,18,19,20,21,24). The average molecular weight is 330 g/mol. The van der Waals surface area contributed by atoms with Crippen LogP contribution < -0.4 is 16.0 Å². The zero-order chi connectivity index (χ0) is 17.7. The van der Waals surface area contributed by atoms with E-state index in [0.29, 0.717) is 11.8 Å². The van der Waals surface area contributed by atoms with Crippen LogP contribution in [0.2, 0.25) is 0 Å². The van der Waals surface area contributed by atoms with Gasteiger partial charge < -0.3 is 10.6 Å². The molecule has 1 heterocycles. The first-order chi connectivity index (χ1) is 11.3. The molecule has 3 amide bonds. The predicted octanol–water partition coefficient (Wildman–Crippen LogP) is 1.47. The Morgan fingerprint density at radius 3 is 2.50 bits per heavy atom. The number of para-hydroxylation sites is 1. The quantitative estimate of drug-likeness (QED) is 0.772. The number of rotatable bonds is 5. The van der Waals surface area contributed by atoms with E-state index >= 15 is 0 Å². The number of nitrogens with one attached hydrogen (secondary N) is 3. The fraction of sp³-hybridized carbons (Fsp3) is 0.375. The molecule has 0 radical (unpaired) electrons. The largest absolute Gasteiger partial charge is 0.359 e. The van der Waals surface area contributed by atoms with E-state index in [9.17, 15) is 9.59 Å². The van der Waals surface area contributed by atoms with Crippen molar-refractivity contribution in [1.82, 2.24) is 25.4 Å². The second kappa shape index (κ2) is 7.12. The van der Waals surface area contributed by atoms with Crippen LogP contribution in [-0.4, -0.2) is 40.3 Å². The highest BCUT2D eigenvalue weighted by Crippen LogP contribution is 2.15. The van der Waals surface area contributed by atoms with E-state index in [1.54, 1.807) is 32.5 Å². The van der Waals surface area contributed by atoms with Gasteiger partial charge in [0.05, 0.1) is 11.1 Å². The Morgan fingerprint density at radius 2 is 1.88 bits per heavy atom. The summed E-state index contributed by atoms with van der Waals surface area (Å²) in [6.45, 7) is 5.44. The van der Waals surface area contributed by atoms with Gasteiger partial charge in [-0.15, -0.1) is 5.10 Å². The third-order valence-corrected chi connectivity index (χ3v) is 3.47. The molecule has 24 heavy (non-hydrogen) atoms. The average Bonchev–Trinajstić information content (AvgIpc) is 2.93. The first-order valence-corrected chi connectivity index (χ1v) is 7.59. The Kier molecular flexibility index (Phi) is 5.18. The molecule has 0 aliphatic carbocycles. The Labute approximate surface area is 140 Å². The van der Waals surface area contributed by atoms with E-state index in [1.807, 2.05) is 30.3 Å². The summed E-state index contributed by atoms with van der Waals surface area (Å²) < 4.78 is 1.55. The molecule has 0 bridgehead atoms. The summed E-state index contributed by atoms with van der Waals surface area (Å²) >= 11 is 0. The number of benzene rings is 1. The van der Waals surface area contributed by atoms with E-state index in [0.717, 1.165) is 5.69 Å². The molecule has 8 heteroatoms. The van der Waals surface area contributed by atoms with Crippen molar-refractivity contribution in [2.45, 2.75) is 20.8 Å². The van der Waals surface area contributed by atoms with E-state index in [1.165, 1.54) is 0 Å². The number of urea groups is 1. The second-order valence-electron chi connectivity index (χ2n) is 6.00. The minimum absolute atomic E-state index is 0.147.